The van der Waals surface area contributed by atoms with Gasteiger partial charge in [-0.1, -0.05) is 12.1 Å². The Balaban J connectivity index is 1.90. The Hall–Kier alpha value is -2.26. The van der Waals surface area contributed by atoms with Gasteiger partial charge in [-0.15, -0.1) is 0 Å². The van der Waals surface area contributed by atoms with Crippen molar-refractivity contribution in [3.63, 3.8) is 0 Å². The molecule has 1 saturated carbocycles. The Morgan fingerprint density at radius 3 is 2.54 bits per heavy atom. The lowest BCUT2D eigenvalue weighted by atomic mass is 9.95. The molecule has 2 aliphatic rings. The molecule has 1 fully saturated rings. The van der Waals surface area contributed by atoms with Gasteiger partial charge < -0.3 is 24.4 Å². The highest BCUT2D eigenvalue weighted by Gasteiger charge is 2.40. The average molecular weight is 412 g/mol. The van der Waals surface area contributed by atoms with Gasteiger partial charge in [-0.3, -0.25) is 0 Å². The molecule has 1 N–H and O–H groups in total. The van der Waals surface area contributed by atoms with Crippen LogP contribution in [-0.4, -0.2) is 49.0 Å². The van der Waals surface area contributed by atoms with Gasteiger partial charge in [0, 0.05) is 18.8 Å². The fourth-order valence-electron chi connectivity index (χ4n) is 3.18. The SMILES string of the molecule is COCCOC(=O)C1=C(C)N(C2CC2)C(=S)NC1c1ccc(OC(F)F)cc1. The molecule has 1 atom stereocenters. The van der Waals surface area contributed by atoms with E-state index in [9.17, 15) is 13.6 Å². The van der Waals surface area contributed by atoms with Crippen LogP contribution in [0.25, 0.3) is 0 Å². The Morgan fingerprint density at radius 2 is 1.96 bits per heavy atom. The van der Waals surface area contributed by atoms with Gasteiger partial charge in [-0.25, -0.2) is 4.79 Å². The number of rotatable bonds is 8. The number of ether oxygens (including phenoxy) is 3. The summed E-state index contributed by atoms with van der Waals surface area (Å²) in [6, 6.07) is 5.86. The van der Waals surface area contributed by atoms with Crippen molar-refractivity contribution in [2.45, 2.75) is 38.5 Å². The molecule has 0 amide bonds. The zero-order valence-corrected chi connectivity index (χ0v) is 16.4. The number of methoxy groups -OCH3 is 1. The van der Waals surface area contributed by atoms with Gasteiger partial charge in [0.15, 0.2) is 5.11 Å². The minimum absolute atomic E-state index is 0.0432. The summed E-state index contributed by atoms with van der Waals surface area (Å²) in [5, 5.41) is 3.73. The monoisotopic (exact) mass is 412 g/mol. The fraction of sp³-hybridized carbons (Fsp3) is 0.474. The van der Waals surface area contributed by atoms with Gasteiger partial charge in [0.2, 0.25) is 0 Å². The van der Waals surface area contributed by atoms with Crippen LogP contribution in [0, 0.1) is 0 Å². The smallest absolute Gasteiger partial charge is 0.387 e. The Labute approximate surface area is 167 Å². The topological polar surface area (TPSA) is 60.0 Å². The number of halogens is 2. The standard InChI is InChI=1S/C19H22F2N2O4S/c1-11-15(17(24)26-10-9-25-2)16(22-19(28)23(11)13-5-6-13)12-3-7-14(8-4-12)27-18(20)21/h3-4,7-8,13,16,18H,5-6,9-10H2,1-2H3,(H,22,28). The first-order valence-electron chi connectivity index (χ1n) is 8.93. The van der Waals surface area contributed by atoms with Gasteiger partial charge in [-0.2, -0.15) is 8.78 Å². The molecule has 0 aromatic heterocycles. The van der Waals surface area contributed by atoms with Crippen molar-refractivity contribution in [2.24, 2.45) is 0 Å². The molecule has 3 rings (SSSR count). The molecule has 28 heavy (non-hydrogen) atoms. The van der Waals surface area contributed by atoms with E-state index in [-0.39, 0.29) is 18.4 Å². The van der Waals surface area contributed by atoms with Gasteiger partial charge in [0.25, 0.3) is 0 Å². The summed E-state index contributed by atoms with van der Waals surface area (Å²) in [5.41, 5.74) is 1.88. The second-order valence-electron chi connectivity index (χ2n) is 6.56. The van der Waals surface area contributed by atoms with Gasteiger partial charge in [-0.05, 0) is 49.7 Å². The van der Waals surface area contributed by atoms with E-state index < -0.39 is 18.6 Å². The molecular weight excluding hydrogens is 390 g/mol. The number of thiocarbonyl (C=S) groups is 1. The molecule has 1 aliphatic heterocycles. The third-order valence-electron chi connectivity index (χ3n) is 4.62. The Morgan fingerprint density at radius 1 is 1.29 bits per heavy atom. The number of allylic oxidation sites excluding steroid dienone is 1. The zero-order chi connectivity index (χ0) is 20.3. The van der Waals surface area contributed by atoms with Crippen molar-refractivity contribution < 1.29 is 27.8 Å². The number of carbonyl (C=O) groups excluding carboxylic acids is 1. The second-order valence-corrected chi connectivity index (χ2v) is 6.95. The number of hydrogen-bond acceptors (Lipinski definition) is 5. The summed E-state index contributed by atoms with van der Waals surface area (Å²) in [6.07, 6.45) is 2.02. The van der Waals surface area contributed by atoms with Crippen LogP contribution >= 0.6 is 12.2 Å². The molecule has 9 heteroatoms. The van der Waals surface area contributed by atoms with Crippen LogP contribution in [0.5, 0.6) is 5.75 Å². The van der Waals surface area contributed by atoms with Crippen molar-refractivity contribution in [1.29, 1.82) is 0 Å². The molecule has 1 aromatic carbocycles. The highest BCUT2D eigenvalue weighted by Crippen LogP contribution is 2.38. The maximum atomic E-state index is 12.8. The summed E-state index contributed by atoms with van der Waals surface area (Å²) in [4.78, 5) is 14.8. The second kappa shape index (κ2) is 8.83. The summed E-state index contributed by atoms with van der Waals surface area (Å²) >= 11 is 5.51. The molecule has 1 aromatic rings. The predicted molar refractivity (Wildman–Crippen MR) is 102 cm³/mol. The first-order valence-corrected chi connectivity index (χ1v) is 9.34. The normalized spacial score (nSPS) is 19.7. The van der Waals surface area contributed by atoms with Gasteiger partial charge in [0.05, 0.1) is 18.2 Å². The number of nitrogens with one attached hydrogen (secondary N) is 1. The van der Waals surface area contributed by atoms with E-state index in [1.165, 1.54) is 19.2 Å². The average Bonchev–Trinajstić information content (AvgIpc) is 3.46. The maximum Gasteiger partial charge on any atom is 0.387 e. The van der Waals surface area contributed by atoms with Gasteiger partial charge in [0.1, 0.15) is 12.4 Å². The summed E-state index contributed by atoms with van der Waals surface area (Å²) in [6.45, 7) is -0.625. The Kier molecular flexibility index (Phi) is 6.46. The van der Waals surface area contributed by atoms with Crippen molar-refractivity contribution in [1.82, 2.24) is 10.2 Å². The van der Waals surface area contributed by atoms with Crippen LogP contribution in [0.4, 0.5) is 8.78 Å². The maximum absolute atomic E-state index is 12.8. The molecule has 1 aliphatic carbocycles. The van der Waals surface area contributed by atoms with Crippen molar-refractivity contribution in [3.8, 4) is 5.75 Å². The number of alkyl halides is 2. The third-order valence-corrected chi connectivity index (χ3v) is 4.93. The highest BCUT2D eigenvalue weighted by molar-refractivity contribution is 7.80. The third kappa shape index (κ3) is 4.59. The van der Waals surface area contributed by atoms with Crippen LogP contribution < -0.4 is 10.1 Å². The fourth-order valence-corrected chi connectivity index (χ4v) is 3.59. The summed E-state index contributed by atoms with van der Waals surface area (Å²) in [5.74, 6) is -0.422. The van der Waals surface area contributed by atoms with Crippen molar-refractivity contribution in [2.75, 3.05) is 20.3 Å². The lowest BCUT2D eigenvalue weighted by Crippen LogP contribution is -2.48. The molecule has 0 bridgehead atoms. The van der Waals surface area contributed by atoms with Crippen LogP contribution in [-0.2, 0) is 14.3 Å². The van der Waals surface area contributed by atoms with E-state index >= 15 is 0 Å². The molecule has 1 heterocycles. The van der Waals surface area contributed by atoms with E-state index in [1.807, 2.05) is 11.8 Å². The highest BCUT2D eigenvalue weighted by atomic mass is 32.1. The minimum Gasteiger partial charge on any atom is -0.460 e. The lowest BCUT2D eigenvalue weighted by Gasteiger charge is -2.37. The van der Waals surface area contributed by atoms with Gasteiger partial charge >= 0.3 is 12.6 Å². The van der Waals surface area contributed by atoms with E-state index in [2.05, 4.69) is 10.1 Å². The lowest BCUT2D eigenvalue weighted by molar-refractivity contribution is -0.140. The van der Waals surface area contributed by atoms with Crippen LogP contribution in [0.1, 0.15) is 31.4 Å². The Bertz CT molecular complexity index is 766. The molecule has 0 spiro atoms. The largest absolute Gasteiger partial charge is 0.460 e. The summed E-state index contributed by atoms with van der Waals surface area (Å²) < 4.78 is 39.4. The number of nitrogens with zero attached hydrogens (tertiary/aromatic N) is 1. The van der Waals surface area contributed by atoms with E-state index in [0.29, 0.717) is 22.9 Å². The van der Waals surface area contributed by atoms with E-state index in [4.69, 9.17) is 21.7 Å². The number of esters is 1. The number of carbonyl (C=O) groups is 1. The van der Waals surface area contributed by atoms with E-state index in [0.717, 1.165) is 18.5 Å². The predicted octanol–water partition coefficient (Wildman–Crippen LogP) is 3.15. The minimum atomic E-state index is -2.90. The van der Waals surface area contributed by atoms with Crippen LogP contribution in [0.15, 0.2) is 35.5 Å². The number of benzene rings is 1. The van der Waals surface area contributed by atoms with Crippen molar-refractivity contribution >= 4 is 23.3 Å². The molecular formula is C19H22F2N2O4S. The quantitative estimate of drug-likeness (QED) is 0.400. The molecule has 6 nitrogen and oxygen atoms in total. The van der Waals surface area contributed by atoms with E-state index in [1.54, 1.807) is 12.1 Å². The zero-order valence-electron chi connectivity index (χ0n) is 15.6. The first-order chi connectivity index (χ1) is 13.4. The van der Waals surface area contributed by atoms with Crippen LogP contribution in [0.3, 0.4) is 0 Å². The summed E-state index contributed by atoms with van der Waals surface area (Å²) in [7, 11) is 1.53. The number of hydrogen-bond donors (Lipinski definition) is 1. The van der Waals surface area contributed by atoms with Crippen LogP contribution in [0.2, 0.25) is 0 Å². The van der Waals surface area contributed by atoms with Crippen molar-refractivity contribution in [3.05, 3.63) is 41.1 Å². The molecule has 1 unspecified atom stereocenters. The first kappa shape index (κ1) is 20.5. The molecule has 152 valence electrons. The molecule has 0 radical (unpaired) electrons. The molecule has 0 saturated heterocycles.